The first-order chi connectivity index (χ1) is 18.8. The molecule has 2 heterocycles. The molecule has 4 rings (SSSR count). The number of hydrogen-bond donors (Lipinski definition) is 2. The van der Waals surface area contributed by atoms with Gasteiger partial charge in [-0.05, 0) is 66.4 Å². The van der Waals surface area contributed by atoms with Crippen LogP contribution in [0, 0.1) is 11.3 Å². The van der Waals surface area contributed by atoms with Crippen molar-refractivity contribution < 1.29 is 24.5 Å². The van der Waals surface area contributed by atoms with E-state index in [9.17, 15) is 29.9 Å². The maximum Gasteiger partial charge on any atom is 0.349 e. The number of rotatable bonds is 11. The molecule has 0 bridgehead atoms. The average molecular weight is 548 g/mol. The minimum absolute atomic E-state index is 0.153. The van der Waals surface area contributed by atoms with Gasteiger partial charge >= 0.3 is 11.9 Å². The van der Waals surface area contributed by atoms with Crippen LogP contribution < -0.4 is 24.4 Å². The SMILES string of the molecule is CCCCCCOc1ccc(N2CCc3cc(/C=c4\s/c(=C(\C#N)C(=O)O)n(CC(=O)O)c4=O)ccc32)cc1. The summed E-state index contributed by atoms with van der Waals surface area (Å²) >= 11 is 0.794. The molecule has 0 spiro atoms. The number of aromatic nitrogens is 1. The Morgan fingerprint density at radius 2 is 1.90 bits per heavy atom. The van der Waals surface area contributed by atoms with E-state index in [0.29, 0.717) is 6.61 Å². The smallest absolute Gasteiger partial charge is 0.349 e. The number of hydrogen-bond acceptors (Lipinski definition) is 7. The Morgan fingerprint density at radius 1 is 1.13 bits per heavy atom. The minimum Gasteiger partial charge on any atom is -0.494 e. The van der Waals surface area contributed by atoms with E-state index in [2.05, 4.69) is 11.8 Å². The highest BCUT2D eigenvalue weighted by molar-refractivity contribution is 7.07. The number of anilines is 2. The van der Waals surface area contributed by atoms with Gasteiger partial charge in [-0.25, -0.2) is 4.79 Å². The van der Waals surface area contributed by atoms with Gasteiger partial charge in [-0.1, -0.05) is 32.3 Å². The summed E-state index contributed by atoms with van der Waals surface area (Å²) in [6, 6.07) is 15.4. The first kappa shape index (κ1) is 27.7. The number of nitriles is 1. The highest BCUT2D eigenvalue weighted by atomic mass is 32.1. The molecule has 0 saturated heterocycles. The number of aliphatic carboxylic acids is 2. The van der Waals surface area contributed by atoms with Crippen molar-refractivity contribution in [1.29, 1.82) is 5.26 Å². The molecule has 1 aromatic heterocycles. The normalized spacial score (nSPS) is 13.6. The first-order valence-corrected chi connectivity index (χ1v) is 13.6. The van der Waals surface area contributed by atoms with Crippen molar-refractivity contribution in [2.75, 3.05) is 18.1 Å². The molecule has 10 heteroatoms. The highest BCUT2D eigenvalue weighted by Gasteiger charge is 2.21. The Hall–Kier alpha value is -4.36. The minimum atomic E-state index is -1.52. The molecule has 39 heavy (non-hydrogen) atoms. The number of carbonyl (C=O) groups is 2. The van der Waals surface area contributed by atoms with Crippen LogP contribution in [0.4, 0.5) is 11.4 Å². The number of carboxylic acids is 2. The van der Waals surface area contributed by atoms with Crippen molar-refractivity contribution in [1.82, 2.24) is 4.57 Å². The molecule has 202 valence electrons. The fourth-order valence-corrected chi connectivity index (χ4v) is 5.64. The van der Waals surface area contributed by atoms with Crippen LogP contribution in [0.25, 0.3) is 11.6 Å². The molecule has 1 aliphatic rings. The summed E-state index contributed by atoms with van der Waals surface area (Å²) < 4.78 is 6.64. The van der Waals surface area contributed by atoms with Gasteiger partial charge in [-0.3, -0.25) is 14.2 Å². The third-order valence-electron chi connectivity index (χ3n) is 6.45. The van der Waals surface area contributed by atoms with Crippen LogP contribution in [-0.2, 0) is 22.6 Å². The molecular formula is C29H29N3O6S. The summed E-state index contributed by atoms with van der Waals surface area (Å²) in [6.07, 6.45) is 7.04. The van der Waals surface area contributed by atoms with Crippen molar-refractivity contribution in [3.8, 4) is 11.8 Å². The third-order valence-corrected chi connectivity index (χ3v) is 7.58. The second kappa shape index (κ2) is 12.5. The Kier molecular flexibility index (Phi) is 8.84. The summed E-state index contributed by atoms with van der Waals surface area (Å²) in [5.74, 6) is -1.98. The lowest BCUT2D eigenvalue weighted by atomic mass is 10.1. The first-order valence-electron chi connectivity index (χ1n) is 12.8. The number of ether oxygens (including phenoxy) is 1. The monoisotopic (exact) mass is 547 g/mol. The summed E-state index contributed by atoms with van der Waals surface area (Å²) in [5, 5.41) is 27.8. The summed E-state index contributed by atoms with van der Waals surface area (Å²) in [6.45, 7) is 2.96. The van der Waals surface area contributed by atoms with E-state index < -0.39 is 29.6 Å². The molecule has 1 aliphatic heterocycles. The van der Waals surface area contributed by atoms with Gasteiger partial charge in [0, 0.05) is 17.9 Å². The predicted molar refractivity (Wildman–Crippen MR) is 149 cm³/mol. The lowest BCUT2D eigenvalue weighted by molar-refractivity contribution is -0.138. The molecular weight excluding hydrogens is 518 g/mol. The molecule has 0 fully saturated rings. The number of carboxylic acid groups (broad SMARTS) is 2. The van der Waals surface area contributed by atoms with E-state index in [1.807, 2.05) is 42.5 Å². The number of unbranched alkanes of at least 4 members (excludes halogenated alkanes) is 3. The molecule has 9 nitrogen and oxygen atoms in total. The van der Waals surface area contributed by atoms with Gasteiger partial charge < -0.3 is 19.8 Å². The molecule has 0 aliphatic carbocycles. The molecule has 0 unspecified atom stereocenters. The quantitative estimate of drug-likeness (QED) is 0.350. The number of fused-ring (bicyclic) bond motifs is 1. The van der Waals surface area contributed by atoms with E-state index in [-0.39, 0.29) is 9.20 Å². The topological polar surface area (TPSA) is 133 Å². The van der Waals surface area contributed by atoms with E-state index in [0.717, 1.165) is 63.5 Å². The van der Waals surface area contributed by atoms with Gasteiger partial charge in [0.25, 0.3) is 5.56 Å². The maximum absolute atomic E-state index is 12.9. The standard InChI is InChI=1S/C29H29N3O6S/c1-2-3-4-5-14-38-22-9-7-21(8-10-22)31-13-12-20-15-19(6-11-24(20)31)16-25-27(35)32(18-26(33)34)28(39-25)23(17-30)29(36)37/h6-11,15-16H,2-5,12-14,18H2,1H3,(H,33,34)(H,36,37)/b25-16-,28-23+. The third kappa shape index (κ3) is 6.38. The fourth-order valence-electron chi connectivity index (χ4n) is 4.54. The number of benzene rings is 2. The Balaban J connectivity index is 1.59. The molecule has 0 radical (unpaired) electrons. The van der Waals surface area contributed by atoms with Gasteiger partial charge in [0.05, 0.1) is 11.1 Å². The number of thiazole rings is 1. The van der Waals surface area contributed by atoms with Crippen LogP contribution in [0.3, 0.4) is 0 Å². The van der Waals surface area contributed by atoms with Crippen LogP contribution in [-0.4, -0.2) is 39.9 Å². The molecule has 3 aromatic rings. The predicted octanol–water partition coefficient (Wildman–Crippen LogP) is 3.24. The van der Waals surface area contributed by atoms with Gasteiger partial charge in [-0.2, -0.15) is 5.26 Å². The molecule has 0 amide bonds. The average Bonchev–Trinajstić information content (AvgIpc) is 3.46. The zero-order valence-electron chi connectivity index (χ0n) is 21.6. The fraction of sp³-hybridized carbons (Fsp3) is 0.310. The Morgan fingerprint density at radius 3 is 2.56 bits per heavy atom. The highest BCUT2D eigenvalue weighted by Crippen LogP contribution is 2.35. The molecule has 0 atom stereocenters. The second-order valence-electron chi connectivity index (χ2n) is 9.19. The number of nitrogens with zero attached hydrogens (tertiary/aromatic N) is 3. The zero-order chi connectivity index (χ0) is 27.9. The van der Waals surface area contributed by atoms with Crippen LogP contribution in [0.5, 0.6) is 5.75 Å². The Labute approximate surface area is 229 Å². The summed E-state index contributed by atoms with van der Waals surface area (Å²) in [4.78, 5) is 37.9. The van der Waals surface area contributed by atoms with E-state index >= 15 is 0 Å². The maximum atomic E-state index is 12.9. The summed E-state index contributed by atoms with van der Waals surface area (Å²) in [5.41, 5.74) is 2.61. The van der Waals surface area contributed by atoms with E-state index in [1.165, 1.54) is 19.3 Å². The lowest BCUT2D eigenvalue weighted by Gasteiger charge is -2.20. The van der Waals surface area contributed by atoms with Gasteiger partial charge in [0.2, 0.25) is 0 Å². The zero-order valence-corrected chi connectivity index (χ0v) is 22.4. The van der Waals surface area contributed by atoms with Gasteiger partial charge in [0.1, 0.15) is 23.0 Å². The van der Waals surface area contributed by atoms with Crippen LogP contribution in [0.2, 0.25) is 0 Å². The van der Waals surface area contributed by atoms with Crippen molar-refractivity contribution >= 4 is 46.3 Å². The van der Waals surface area contributed by atoms with Crippen molar-refractivity contribution in [2.45, 2.75) is 45.6 Å². The van der Waals surface area contributed by atoms with Crippen LogP contribution in [0.1, 0.15) is 43.7 Å². The van der Waals surface area contributed by atoms with E-state index in [1.54, 1.807) is 12.1 Å². The van der Waals surface area contributed by atoms with Crippen molar-refractivity contribution in [3.05, 3.63) is 73.1 Å². The van der Waals surface area contributed by atoms with Crippen molar-refractivity contribution in [3.63, 3.8) is 0 Å². The Bertz CT molecular complexity index is 1600. The lowest BCUT2D eigenvalue weighted by Crippen LogP contribution is -2.35. The van der Waals surface area contributed by atoms with Crippen LogP contribution in [0.15, 0.2) is 47.3 Å². The van der Waals surface area contributed by atoms with Gasteiger partial charge in [-0.15, -0.1) is 11.3 Å². The molecule has 2 aromatic carbocycles. The van der Waals surface area contributed by atoms with Gasteiger partial charge in [0.15, 0.2) is 5.57 Å². The summed E-state index contributed by atoms with van der Waals surface area (Å²) in [7, 11) is 0. The molecule has 2 N–H and O–H groups in total. The molecule has 0 saturated carbocycles. The second-order valence-corrected chi connectivity index (χ2v) is 10.2. The largest absolute Gasteiger partial charge is 0.494 e. The van der Waals surface area contributed by atoms with Crippen molar-refractivity contribution in [2.24, 2.45) is 0 Å². The van der Waals surface area contributed by atoms with E-state index in [4.69, 9.17) is 4.74 Å². The van der Waals surface area contributed by atoms with Crippen LogP contribution >= 0.6 is 11.3 Å².